The number of carbonyl (C=O) groups excluding carboxylic acids is 3. The van der Waals surface area contributed by atoms with E-state index in [0.29, 0.717) is 13.0 Å². The Labute approximate surface area is 161 Å². The second-order valence-corrected chi connectivity index (χ2v) is 7.14. The van der Waals surface area contributed by atoms with Crippen LogP contribution in [-0.2, 0) is 14.3 Å². The smallest absolute Gasteiger partial charge is 0.337 e. The fourth-order valence-corrected chi connectivity index (χ4v) is 4.17. The van der Waals surface area contributed by atoms with Crippen LogP contribution in [0.15, 0.2) is 18.2 Å². The minimum atomic E-state index is -0.887. The summed E-state index contributed by atoms with van der Waals surface area (Å²) in [6.07, 6.45) is 2.18. The molecule has 9 heteroatoms. The summed E-state index contributed by atoms with van der Waals surface area (Å²) in [5, 5.41) is 12.3. The van der Waals surface area contributed by atoms with E-state index in [9.17, 15) is 24.3 Å². The Hall–Kier alpha value is -3.10. The van der Waals surface area contributed by atoms with Crippen molar-refractivity contribution < 1.29 is 33.8 Å². The van der Waals surface area contributed by atoms with Crippen LogP contribution >= 0.6 is 0 Å². The quantitative estimate of drug-likeness (QED) is 0.754. The van der Waals surface area contributed by atoms with Crippen molar-refractivity contribution >= 4 is 29.6 Å². The number of hydrogen-bond acceptors (Lipinski definition) is 6. The van der Waals surface area contributed by atoms with Gasteiger partial charge in [0, 0.05) is 18.8 Å². The van der Waals surface area contributed by atoms with Crippen molar-refractivity contribution in [3.8, 4) is 0 Å². The first-order valence-corrected chi connectivity index (χ1v) is 8.92. The van der Waals surface area contributed by atoms with Gasteiger partial charge in [-0.2, -0.15) is 0 Å². The van der Waals surface area contributed by atoms with Gasteiger partial charge in [0.2, 0.25) is 0 Å². The molecule has 2 fully saturated rings. The maximum atomic E-state index is 12.7. The van der Waals surface area contributed by atoms with E-state index < -0.39 is 29.4 Å². The second-order valence-electron chi connectivity index (χ2n) is 7.14. The summed E-state index contributed by atoms with van der Waals surface area (Å²) >= 11 is 0. The molecular formula is C19H22N2O7. The Morgan fingerprint density at radius 2 is 1.71 bits per heavy atom. The third-order valence-electron chi connectivity index (χ3n) is 5.61. The predicted molar refractivity (Wildman–Crippen MR) is 97.1 cm³/mol. The van der Waals surface area contributed by atoms with Gasteiger partial charge in [0.1, 0.15) is 0 Å². The van der Waals surface area contributed by atoms with Gasteiger partial charge < -0.3 is 24.8 Å². The molecule has 1 heterocycles. The number of fused-ring (bicyclic) bond motifs is 1. The molecule has 150 valence electrons. The number of anilines is 1. The van der Waals surface area contributed by atoms with Crippen molar-refractivity contribution in [2.45, 2.75) is 19.3 Å². The first-order chi connectivity index (χ1) is 13.3. The minimum absolute atomic E-state index is 0.0669. The van der Waals surface area contributed by atoms with Gasteiger partial charge in [-0.15, -0.1) is 0 Å². The lowest BCUT2D eigenvalue weighted by Crippen LogP contribution is -2.38. The average molecular weight is 390 g/mol. The van der Waals surface area contributed by atoms with Crippen LogP contribution < -0.4 is 5.32 Å². The van der Waals surface area contributed by atoms with Gasteiger partial charge in [-0.1, -0.05) is 6.42 Å². The molecule has 1 saturated carbocycles. The topological polar surface area (TPSA) is 122 Å². The number of rotatable bonds is 4. The van der Waals surface area contributed by atoms with E-state index in [1.54, 1.807) is 0 Å². The number of nitrogens with zero attached hydrogens (tertiary/aromatic N) is 1. The lowest BCUT2D eigenvalue weighted by atomic mass is 9.81. The van der Waals surface area contributed by atoms with Crippen molar-refractivity contribution in [1.29, 1.82) is 0 Å². The van der Waals surface area contributed by atoms with Gasteiger partial charge >= 0.3 is 23.9 Å². The monoisotopic (exact) mass is 390 g/mol. The number of hydrogen-bond donors (Lipinski definition) is 2. The molecular weight excluding hydrogens is 368 g/mol. The molecule has 2 aliphatic rings. The van der Waals surface area contributed by atoms with E-state index in [1.165, 1.54) is 37.3 Å². The number of amides is 2. The molecule has 1 aliphatic heterocycles. The lowest BCUT2D eigenvalue weighted by Gasteiger charge is -2.23. The molecule has 2 N–H and O–H groups in total. The number of methoxy groups -OCH3 is 2. The number of likely N-dealkylation sites (tertiary alicyclic amines) is 1. The lowest BCUT2D eigenvalue weighted by molar-refractivity contribution is -0.149. The number of aliphatic carboxylic acids is 1. The van der Waals surface area contributed by atoms with Crippen LogP contribution in [-0.4, -0.2) is 61.3 Å². The summed E-state index contributed by atoms with van der Waals surface area (Å²) in [5.41, 5.74) is -0.501. The van der Waals surface area contributed by atoms with Crippen LogP contribution in [0.1, 0.15) is 40.0 Å². The molecule has 28 heavy (non-hydrogen) atoms. The number of ether oxygens (including phenoxy) is 2. The number of carboxylic acid groups (broad SMARTS) is 1. The Balaban J connectivity index is 1.81. The maximum absolute atomic E-state index is 12.7. The van der Waals surface area contributed by atoms with Gasteiger partial charge in [0.15, 0.2) is 0 Å². The van der Waals surface area contributed by atoms with Crippen LogP contribution in [0.5, 0.6) is 0 Å². The zero-order valence-corrected chi connectivity index (χ0v) is 15.7. The number of nitrogens with one attached hydrogen (secondary N) is 1. The number of esters is 2. The summed E-state index contributed by atoms with van der Waals surface area (Å²) in [7, 11) is 2.42. The SMILES string of the molecule is COC(=O)c1cc(NC(=O)N2C[C@@H]3CCC[C@@]3(C(=O)O)C2)cc(C(=O)OC)c1. The normalized spacial score (nSPS) is 23.1. The number of benzene rings is 1. The van der Waals surface area contributed by atoms with Gasteiger partial charge in [-0.3, -0.25) is 4.79 Å². The van der Waals surface area contributed by atoms with Gasteiger partial charge in [0.05, 0.1) is 30.8 Å². The second kappa shape index (κ2) is 7.49. The molecule has 2 amide bonds. The Morgan fingerprint density at radius 3 is 2.21 bits per heavy atom. The van der Waals surface area contributed by atoms with Crippen molar-refractivity contribution in [1.82, 2.24) is 4.90 Å². The molecule has 0 spiro atoms. The Bertz CT molecular complexity index is 803. The molecule has 0 bridgehead atoms. The first-order valence-electron chi connectivity index (χ1n) is 8.92. The number of carboxylic acids is 1. The van der Waals surface area contributed by atoms with Crippen LogP contribution in [0.4, 0.5) is 10.5 Å². The van der Waals surface area contributed by atoms with Gasteiger partial charge in [-0.05, 0) is 37.0 Å². The summed E-state index contributed by atoms with van der Waals surface area (Å²) in [5.74, 6) is -2.27. The third kappa shape index (κ3) is 3.39. The Kier molecular flexibility index (Phi) is 5.26. The zero-order chi connectivity index (χ0) is 20.5. The molecule has 1 saturated heterocycles. The van der Waals surface area contributed by atoms with Crippen molar-refractivity contribution in [3.05, 3.63) is 29.3 Å². The largest absolute Gasteiger partial charge is 0.481 e. The van der Waals surface area contributed by atoms with Crippen LogP contribution in [0.3, 0.4) is 0 Å². The molecule has 9 nitrogen and oxygen atoms in total. The summed E-state index contributed by atoms with van der Waals surface area (Å²) < 4.78 is 9.35. The molecule has 0 radical (unpaired) electrons. The molecule has 0 unspecified atom stereocenters. The van der Waals surface area contributed by atoms with Crippen LogP contribution in [0.25, 0.3) is 0 Å². The first kappa shape index (κ1) is 19.7. The molecule has 3 rings (SSSR count). The molecule has 1 aromatic carbocycles. The van der Waals surface area contributed by atoms with E-state index in [4.69, 9.17) is 0 Å². The van der Waals surface area contributed by atoms with Crippen molar-refractivity contribution in [2.75, 3.05) is 32.6 Å². The van der Waals surface area contributed by atoms with E-state index in [1.807, 2.05) is 0 Å². The van der Waals surface area contributed by atoms with Crippen LogP contribution in [0.2, 0.25) is 0 Å². The highest BCUT2D eigenvalue weighted by Crippen LogP contribution is 2.48. The molecule has 0 aromatic heterocycles. The maximum Gasteiger partial charge on any atom is 0.337 e. The van der Waals surface area contributed by atoms with E-state index in [2.05, 4.69) is 14.8 Å². The summed E-state index contributed by atoms with van der Waals surface area (Å²) in [6.45, 7) is 0.498. The van der Waals surface area contributed by atoms with Gasteiger partial charge in [-0.25, -0.2) is 14.4 Å². The van der Waals surface area contributed by atoms with Crippen molar-refractivity contribution in [3.63, 3.8) is 0 Å². The molecule has 2 atom stereocenters. The van der Waals surface area contributed by atoms with E-state index in [-0.39, 0.29) is 29.3 Å². The highest BCUT2D eigenvalue weighted by atomic mass is 16.5. The predicted octanol–water partition coefficient (Wildman–Crippen LogP) is 1.98. The summed E-state index contributed by atoms with van der Waals surface area (Å²) in [4.78, 5) is 49.7. The Morgan fingerprint density at radius 1 is 1.11 bits per heavy atom. The average Bonchev–Trinajstić information content (AvgIpc) is 3.25. The molecule has 1 aromatic rings. The number of carbonyl (C=O) groups is 4. The third-order valence-corrected chi connectivity index (χ3v) is 5.61. The fourth-order valence-electron chi connectivity index (χ4n) is 4.17. The number of urea groups is 1. The fraction of sp³-hybridized carbons (Fsp3) is 0.474. The highest BCUT2D eigenvalue weighted by molar-refractivity contribution is 5.99. The molecule has 1 aliphatic carbocycles. The van der Waals surface area contributed by atoms with Crippen molar-refractivity contribution in [2.24, 2.45) is 11.3 Å². The van der Waals surface area contributed by atoms with Gasteiger partial charge in [0.25, 0.3) is 0 Å². The summed E-state index contributed by atoms with van der Waals surface area (Å²) in [6, 6.07) is 3.61. The highest BCUT2D eigenvalue weighted by Gasteiger charge is 2.55. The standard InChI is InChI=1S/C19H22N2O7/c1-27-15(22)11-6-12(16(23)28-2)8-14(7-11)20-18(26)21-9-13-4-3-5-19(13,10-21)17(24)25/h6-8,13H,3-5,9-10H2,1-2H3,(H,20,26)(H,24,25)/t13-,19+/m0/s1. The van der Waals surface area contributed by atoms with E-state index in [0.717, 1.165) is 12.8 Å². The zero-order valence-electron chi connectivity index (χ0n) is 15.7. The minimum Gasteiger partial charge on any atom is -0.481 e. The van der Waals surface area contributed by atoms with E-state index >= 15 is 0 Å². The van der Waals surface area contributed by atoms with Crippen LogP contribution in [0, 0.1) is 11.3 Å².